The van der Waals surface area contributed by atoms with Crippen molar-refractivity contribution in [3.05, 3.63) is 12.2 Å². The molecule has 0 saturated carbocycles. The lowest BCUT2D eigenvalue weighted by Crippen LogP contribution is -2.06. The summed E-state index contributed by atoms with van der Waals surface area (Å²) in [5.41, 5.74) is 0. The summed E-state index contributed by atoms with van der Waals surface area (Å²) in [5, 5.41) is 17.3. The fourth-order valence-corrected chi connectivity index (χ4v) is 2.42. The zero-order valence-corrected chi connectivity index (χ0v) is 16.0. The van der Waals surface area contributed by atoms with Crippen LogP contribution in [0.5, 0.6) is 0 Å². The Bertz CT molecular complexity index is 333. The molecule has 0 atom stereocenters. The summed E-state index contributed by atoms with van der Waals surface area (Å²) in [6.07, 6.45) is 13.9. The first-order chi connectivity index (χ1) is 12.7. The van der Waals surface area contributed by atoms with E-state index in [1.165, 1.54) is 0 Å². The average molecular weight is 373 g/mol. The van der Waals surface area contributed by atoms with Gasteiger partial charge in [-0.15, -0.1) is 0 Å². The second-order valence-corrected chi connectivity index (χ2v) is 6.36. The Kier molecular flexibility index (Phi) is 18.8. The van der Waals surface area contributed by atoms with Gasteiger partial charge in [0.1, 0.15) is 0 Å². The Balaban J connectivity index is 3.45. The molecule has 0 aliphatic carbocycles. The lowest BCUT2D eigenvalue weighted by molar-refractivity contribution is -0.140. The smallest absolute Gasteiger partial charge is 0.331 e. The summed E-state index contributed by atoms with van der Waals surface area (Å²) < 4.78 is 10.0. The molecule has 0 aromatic rings. The second-order valence-electron chi connectivity index (χ2n) is 6.36. The van der Waals surface area contributed by atoms with Crippen molar-refractivity contribution in [2.75, 3.05) is 26.4 Å². The van der Waals surface area contributed by atoms with E-state index < -0.39 is 11.9 Å². The van der Waals surface area contributed by atoms with Crippen LogP contribution in [0.25, 0.3) is 0 Å². The zero-order valence-electron chi connectivity index (χ0n) is 16.0. The summed E-state index contributed by atoms with van der Waals surface area (Å²) in [4.78, 5) is 22.9. The second kappa shape index (κ2) is 19.9. The van der Waals surface area contributed by atoms with E-state index in [9.17, 15) is 9.59 Å². The van der Waals surface area contributed by atoms with Crippen LogP contribution in [-0.4, -0.2) is 48.6 Å². The van der Waals surface area contributed by atoms with Crippen molar-refractivity contribution < 1.29 is 29.3 Å². The molecule has 0 radical (unpaired) electrons. The average Bonchev–Trinajstić information content (AvgIpc) is 2.64. The first-order valence-electron chi connectivity index (χ1n) is 9.94. The Morgan fingerprint density at radius 1 is 0.538 bits per heavy atom. The molecule has 0 aromatic heterocycles. The van der Waals surface area contributed by atoms with E-state index >= 15 is 0 Å². The Morgan fingerprint density at radius 2 is 0.846 bits per heavy atom. The van der Waals surface area contributed by atoms with Crippen molar-refractivity contribution in [2.45, 2.75) is 77.0 Å². The molecule has 152 valence electrons. The fraction of sp³-hybridized carbons (Fsp3) is 0.800. The number of carbonyl (C=O) groups excluding carboxylic acids is 2. The minimum atomic E-state index is -0.522. The van der Waals surface area contributed by atoms with E-state index in [0.717, 1.165) is 89.2 Å². The highest BCUT2D eigenvalue weighted by atomic mass is 16.5. The van der Waals surface area contributed by atoms with Crippen molar-refractivity contribution in [2.24, 2.45) is 0 Å². The quantitative estimate of drug-likeness (QED) is 0.218. The Hall–Kier alpha value is -1.40. The molecule has 6 nitrogen and oxygen atoms in total. The number of esters is 2. The third-order valence-electron chi connectivity index (χ3n) is 3.95. The summed E-state index contributed by atoms with van der Waals surface area (Å²) in [5.74, 6) is -1.04. The van der Waals surface area contributed by atoms with Crippen LogP contribution in [0, 0.1) is 0 Å². The SMILES string of the molecule is O=C(/C=C\C(=O)OCCCCCCCCO)OCCCCCCCCO. The molecule has 0 bridgehead atoms. The van der Waals surface area contributed by atoms with Crippen LogP contribution >= 0.6 is 0 Å². The highest BCUT2D eigenvalue weighted by Gasteiger charge is 2.01. The van der Waals surface area contributed by atoms with Crippen LogP contribution in [0.15, 0.2) is 12.2 Å². The largest absolute Gasteiger partial charge is 0.463 e. The number of hydrogen-bond acceptors (Lipinski definition) is 6. The molecule has 0 unspecified atom stereocenters. The molecular formula is C20H36O6. The van der Waals surface area contributed by atoms with Gasteiger partial charge < -0.3 is 19.7 Å². The van der Waals surface area contributed by atoms with Crippen molar-refractivity contribution in [3.63, 3.8) is 0 Å². The van der Waals surface area contributed by atoms with Crippen molar-refractivity contribution in [3.8, 4) is 0 Å². The van der Waals surface area contributed by atoms with Gasteiger partial charge in [0.15, 0.2) is 0 Å². The van der Waals surface area contributed by atoms with Gasteiger partial charge in [0.05, 0.1) is 13.2 Å². The molecule has 0 amide bonds. The third-order valence-corrected chi connectivity index (χ3v) is 3.95. The maximum absolute atomic E-state index is 11.5. The molecule has 0 heterocycles. The number of aliphatic hydroxyl groups is 2. The molecule has 26 heavy (non-hydrogen) atoms. The third kappa shape index (κ3) is 18.9. The van der Waals surface area contributed by atoms with E-state index in [-0.39, 0.29) is 13.2 Å². The normalized spacial score (nSPS) is 11.0. The van der Waals surface area contributed by atoms with Gasteiger partial charge >= 0.3 is 11.9 Å². The van der Waals surface area contributed by atoms with Crippen LogP contribution in [-0.2, 0) is 19.1 Å². The first kappa shape index (κ1) is 24.6. The minimum absolute atomic E-state index is 0.248. The van der Waals surface area contributed by atoms with Gasteiger partial charge in [0.2, 0.25) is 0 Å². The van der Waals surface area contributed by atoms with E-state index in [1.54, 1.807) is 0 Å². The highest BCUT2D eigenvalue weighted by molar-refractivity contribution is 5.91. The number of aliphatic hydroxyl groups excluding tert-OH is 2. The van der Waals surface area contributed by atoms with Crippen LogP contribution in [0.4, 0.5) is 0 Å². The molecule has 0 saturated heterocycles. The Labute approximate surface area is 157 Å². The molecule has 0 rings (SSSR count). The van der Waals surface area contributed by atoms with Gasteiger partial charge in [-0.05, 0) is 25.7 Å². The summed E-state index contributed by atoms with van der Waals surface area (Å²) in [6.45, 7) is 1.21. The van der Waals surface area contributed by atoms with Gasteiger partial charge in [0, 0.05) is 25.4 Å². The van der Waals surface area contributed by atoms with E-state index in [2.05, 4.69) is 0 Å². The van der Waals surface area contributed by atoms with E-state index in [1.807, 2.05) is 0 Å². The van der Waals surface area contributed by atoms with Crippen LogP contribution in [0.3, 0.4) is 0 Å². The molecule has 0 aliphatic heterocycles. The maximum Gasteiger partial charge on any atom is 0.331 e. The molecule has 0 aliphatic rings. The minimum Gasteiger partial charge on any atom is -0.463 e. The molecular weight excluding hydrogens is 336 g/mol. The van der Waals surface area contributed by atoms with Crippen molar-refractivity contribution in [1.29, 1.82) is 0 Å². The summed E-state index contributed by atoms with van der Waals surface area (Å²) in [6, 6.07) is 0. The van der Waals surface area contributed by atoms with Crippen LogP contribution < -0.4 is 0 Å². The number of carbonyl (C=O) groups is 2. The fourth-order valence-electron chi connectivity index (χ4n) is 2.42. The maximum atomic E-state index is 11.5. The van der Waals surface area contributed by atoms with Crippen molar-refractivity contribution in [1.82, 2.24) is 0 Å². The number of unbranched alkanes of at least 4 members (excludes halogenated alkanes) is 10. The molecule has 6 heteroatoms. The Morgan fingerprint density at radius 3 is 1.19 bits per heavy atom. The van der Waals surface area contributed by atoms with Gasteiger partial charge in [-0.2, -0.15) is 0 Å². The number of hydrogen-bond donors (Lipinski definition) is 2. The molecule has 0 aromatic carbocycles. The summed E-state index contributed by atoms with van der Waals surface area (Å²) in [7, 11) is 0. The standard InChI is InChI=1S/C20H36O6/c21-15-9-5-1-3-7-11-17-25-19(23)13-14-20(24)26-18-12-8-4-2-6-10-16-22/h13-14,21-22H,1-12,15-18H2/b14-13-. The van der Waals surface area contributed by atoms with Crippen molar-refractivity contribution >= 4 is 11.9 Å². The molecule has 0 fully saturated rings. The first-order valence-corrected chi connectivity index (χ1v) is 9.94. The number of rotatable bonds is 18. The monoisotopic (exact) mass is 372 g/mol. The van der Waals surface area contributed by atoms with E-state index in [4.69, 9.17) is 19.7 Å². The van der Waals surface area contributed by atoms with Gasteiger partial charge in [-0.3, -0.25) is 0 Å². The molecule has 2 N–H and O–H groups in total. The lowest BCUT2D eigenvalue weighted by atomic mass is 10.1. The molecule has 0 spiro atoms. The van der Waals surface area contributed by atoms with Crippen LogP contribution in [0.1, 0.15) is 77.0 Å². The summed E-state index contributed by atoms with van der Waals surface area (Å²) >= 11 is 0. The van der Waals surface area contributed by atoms with Gasteiger partial charge in [-0.25, -0.2) is 9.59 Å². The highest BCUT2D eigenvalue weighted by Crippen LogP contribution is 2.06. The van der Waals surface area contributed by atoms with Gasteiger partial charge in [0.25, 0.3) is 0 Å². The predicted molar refractivity (Wildman–Crippen MR) is 101 cm³/mol. The van der Waals surface area contributed by atoms with E-state index in [0.29, 0.717) is 13.2 Å². The van der Waals surface area contributed by atoms with Crippen LogP contribution in [0.2, 0.25) is 0 Å². The predicted octanol–water partition coefficient (Wildman–Crippen LogP) is 3.29. The number of ether oxygens (including phenoxy) is 2. The lowest BCUT2D eigenvalue weighted by Gasteiger charge is -2.03. The van der Waals surface area contributed by atoms with Gasteiger partial charge in [-0.1, -0.05) is 51.4 Å². The zero-order chi connectivity index (χ0) is 19.3. The topological polar surface area (TPSA) is 93.1 Å².